The third kappa shape index (κ3) is 1.75. The summed E-state index contributed by atoms with van der Waals surface area (Å²) in [6, 6.07) is 8.45. The van der Waals surface area contributed by atoms with Gasteiger partial charge in [-0.1, -0.05) is 18.2 Å². The van der Waals surface area contributed by atoms with Crippen LogP contribution in [0.1, 0.15) is 31.9 Å². The maximum Gasteiger partial charge on any atom is 0.0721 e. The molecule has 0 bridgehead atoms. The summed E-state index contributed by atoms with van der Waals surface area (Å²) in [7, 11) is 0. The minimum absolute atomic E-state index is 0.00962. The van der Waals surface area contributed by atoms with Crippen LogP contribution in [0.2, 0.25) is 0 Å². The summed E-state index contributed by atoms with van der Waals surface area (Å²) >= 11 is 0. The average molecular weight is 229 g/mol. The predicted octanol–water partition coefficient (Wildman–Crippen LogP) is 2.48. The van der Waals surface area contributed by atoms with Crippen molar-refractivity contribution in [2.45, 2.75) is 44.7 Å². The molecule has 0 unspecified atom stereocenters. The fourth-order valence-corrected chi connectivity index (χ4v) is 2.71. The third-order valence-corrected chi connectivity index (χ3v) is 3.90. The van der Waals surface area contributed by atoms with Crippen molar-refractivity contribution in [2.75, 3.05) is 0 Å². The standard InChI is InChI=1S/C14H19N3/c1-2-17-13-7-4-3-6-11(13)12(16-17)10-14(15)8-5-9-14/h3-4,6-7H,2,5,8-10,15H2,1H3. The van der Waals surface area contributed by atoms with Gasteiger partial charge in [0.2, 0.25) is 0 Å². The van der Waals surface area contributed by atoms with Crippen molar-refractivity contribution >= 4 is 10.9 Å². The lowest BCUT2D eigenvalue weighted by Crippen LogP contribution is -2.48. The molecule has 0 atom stereocenters. The lowest BCUT2D eigenvalue weighted by molar-refractivity contribution is 0.245. The summed E-state index contributed by atoms with van der Waals surface area (Å²) in [6.45, 7) is 3.04. The van der Waals surface area contributed by atoms with E-state index in [2.05, 4.69) is 35.9 Å². The Morgan fingerprint density at radius 1 is 1.35 bits per heavy atom. The molecular formula is C14H19N3. The van der Waals surface area contributed by atoms with Crippen LogP contribution in [0.5, 0.6) is 0 Å². The van der Waals surface area contributed by atoms with Crippen molar-refractivity contribution in [3.63, 3.8) is 0 Å². The lowest BCUT2D eigenvalue weighted by Gasteiger charge is -2.37. The van der Waals surface area contributed by atoms with Crippen LogP contribution in [0.4, 0.5) is 0 Å². The number of benzene rings is 1. The molecule has 1 saturated carbocycles. The summed E-state index contributed by atoms with van der Waals surface area (Å²) in [5.74, 6) is 0. The molecule has 2 N–H and O–H groups in total. The molecule has 1 aromatic heterocycles. The zero-order valence-electron chi connectivity index (χ0n) is 10.3. The number of para-hydroxylation sites is 1. The summed E-state index contributed by atoms with van der Waals surface area (Å²) in [4.78, 5) is 0. The molecule has 3 nitrogen and oxygen atoms in total. The zero-order valence-corrected chi connectivity index (χ0v) is 10.3. The maximum absolute atomic E-state index is 6.33. The lowest BCUT2D eigenvalue weighted by atomic mass is 9.74. The van der Waals surface area contributed by atoms with Gasteiger partial charge in [0.25, 0.3) is 0 Å². The van der Waals surface area contributed by atoms with Crippen molar-refractivity contribution in [1.29, 1.82) is 0 Å². The van der Waals surface area contributed by atoms with Crippen LogP contribution in [-0.2, 0) is 13.0 Å². The Labute approximate surface area is 102 Å². The monoisotopic (exact) mass is 229 g/mol. The maximum atomic E-state index is 6.33. The Morgan fingerprint density at radius 2 is 2.12 bits per heavy atom. The first-order chi connectivity index (χ1) is 8.22. The van der Waals surface area contributed by atoms with Crippen molar-refractivity contribution in [2.24, 2.45) is 5.73 Å². The van der Waals surface area contributed by atoms with Gasteiger partial charge in [0.1, 0.15) is 0 Å². The van der Waals surface area contributed by atoms with E-state index in [4.69, 9.17) is 10.8 Å². The highest BCUT2D eigenvalue weighted by molar-refractivity contribution is 5.82. The molecule has 0 radical (unpaired) electrons. The van der Waals surface area contributed by atoms with E-state index in [0.29, 0.717) is 0 Å². The van der Waals surface area contributed by atoms with Crippen molar-refractivity contribution < 1.29 is 0 Å². The quantitative estimate of drug-likeness (QED) is 0.878. The molecule has 1 aliphatic rings. The molecule has 1 aromatic carbocycles. The molecule has 0 spiro atoms. The van der Waals surface area contributed by atoms with Gasteiger partial charge in [-0.25, -0.2) is 0 Å². The summed E-state index contributed by atoms with van der Waals surface area (Å²) < 4.78 is 2.08. The Balaban J connectivity index is 2.03. The van der Waals surface area contributed by atoms with Gasteiger partial charge in [0, 0.05) is 23.9 Å². The van der Waals surface area contributed by atoms with Crippen molar-refractivity contribution in [1.82, 2.24) is 9.78 Å². The van der Waals surface area contributed by atoms with Crippen LogP contribution < -0.4 is 5.73 Å². The van der Waals surface area contributed by atoms with Gasteiger partial charge >= 0.3 is 0 Å². The number of nitrogens with zero attached hydrogens (tertiary/aromatic N) is 2. The topological polar surface area (TPSA) is 43.8 Å². The van der Waals surface area contributed by atoms with E-state index in [1.54, 1.807) is 0 Å². The minimum Gasteiger partial charge on any atom is -0.325 e. The number of nitrogens with two attached hydrogens (primary N) is 1. The van der Waals surface area contributed by atoms with Crippen LogP contribution >= 0.6 is 0 Å². The van der Waals surface area contributed by atoms with Gasteiger partial charge < -0.3 is 5.73 Å². The van der Waals surface area contributed by atoms with Gasteiger partial charge in [0.05, 0.1) is 11.2 Å². The zero-order chi connectivity index (χ0) is 11.9. The number of aromatic nitrogens is 2. The smallest absolute Gasteiger partial charge is 0.0721 e. The highest BCUT2D eigenvalue weighted by Gasteiger charge is 2.33. The fraction of sp³-hybridized carbons (Fsp3) is 0.500. The molecule has 0 amide bonds. The average Bonchev–Trinajstić information content (AvgIpc) is 2.66. The van der Waals surface area contributed by atoms with Crippen molar-refractivity contribution in [3.05, 3.63) is 30.0 Å². The molecule has 0 saturated heterocycles. The normalized spacial score (nSPS) is 18.2. The Morgan fingerprint density at radius 3 is 2.76 bits per heavy atom. The second-order valence-electron chi connectivity index (χ2n) is 5.17. The Kier molecular flexibility index (Phi) is 2.44. The van der Waals surface area contributed by atoms with E-state index in [9.17, 15) is 0 Å². The van der Waals surface area contributed by atoms with Crippen LogP contribution in [0.3, 0.4) is 0 Å². The summed E-state index contributed by atoms with van der Waals surface area (Å²) in [5, 5.41) is 5.98. The molecule has 3 heteroatoms. The highest BCUT2D eigenvalue weighted by atomic mass is 15.3. The highest BCUT2D eigenvalue weighted by Crippen LogP contribution is 2.33. The molecular weight excluding hydrogens is 210 g/mol. The summed E-state index contributed by atoms with van der Waals surface area (Å²) in [6.07, 6.45) is 4.46. The second kappa shape index (κ2) is 3.84. The number of rotatable bonds is 3. The van der Waals surface area contributed by atoms with Gasteiger partial charge in [0.15, 0.2) is 0 Å². The van der Waals surface area contributed by atoms with E-state index in [1.807, 2.05) is 0 Å². The molecule has 1 aliphatic carbocycles. The van der Waals surface area contributed by atoms with Crippen LogP contribution in [0.15, 0.2) is 24.3 Å². The number of aryl methyl sites for hydroxylation is 1. The first-order valence-electron chi connectivity index (χ1n) is 6.45. The van der Waals surface area contributed by atoms with Crippen molar-refractivity contribution in [3.8, 4) is 0 Å². The number of hydrogen-bond donors (Lipinski definition) is 1. The molecule has 1 fully saturated rings. The Bertz CT molecular complexity index is 537. The Hall–Kier alpha value is -1.35. The van der Waals surface area contributed by atoms with Gasteiger partial charge in [-0.2, -0.15) is 5.10 Å². The van der Waals surface area contributed by atoms with Gasteiger partial charge in [-0.3, -0.25) is 4.68 Å². The number of hydrogen-bond acceptors (Lipinski definition) is 2. The minimum atomic E-state index is 0.00962. The third-order valence-electron chi connectivity index (χ3n) is 3.90. The predicted molar refractivity (Wildman–Crippen MR) is 69.9 cm³/mol. The van der Waals surface area contributed by atoms with Crippen LogP contribution in [0.25, 0.3) is 10.9 Å². The first kappa shape index (κ1) is 10.8. The van der Waals surface area contributed by atoms with E-state index in [0.717, 1.165) is 25.8 Å². The SMILES string of the molecule is CCn1nc(CC2(N)CCC2)c2ccccc21. The largest absolute Gasteiger partial charge is 0.325 e. The summed E-state index contributed by atoms with van der Waals surface area (Å²) in [5.41, 5.74) is 8.74. The van der Waals surface area contributed by atoms with E-state index in [-0.39, 0.29) is 5.54 Å². The van der Waals surface area contributed by atoms with E-state index >= 15 is 0 Å². The molecule has 17 heavy (non-hydrogen) atoms. The number of fused-ring (bicyclic) bond motifs is 1. The molecule has 1 heterocycles. The molecule has 90 valence electrons. The van der Waals surface area contributed by atoms with Gasteiger partial charge in [-0.05, 0) is 32.3 Å². The molecule has 0 aliphatic heterocycles. The van der Waals surface area contributed by atoms with E-state index in [1.165, 1.54) is 23.0 Å². The van der Waals surface area contributed by atoms with Crippen LogP contribution in [0, 0.1) is 0 Å². The van der Waals surface area contributed by atoms with Gasteiger partial charge in [-0.15, -0.1) is 0 Å². The van der Waals surface area contributed by atoms with Crippen LogP contribution in [-0.4, -0.2) is 15.3 Å². The van der Waals surface area contributed by atoms with E-state index < -0.39 is 0 Å². The first-order valence-corrected chi connectivity index (χ1v) is 6.45. The molecule has 3 rings (SSSR count). The second-order valence-corrected chi connectivity index (χ2v) is 5.17. The fourth-order valence-electron chi connectivity index (χ4n) is 2.71. The molecule has 2 aromatic rings.